The molecule has 4 N–H and O–H groups in total. The summed E-state index contributed by atoms with van der Waals surface area (Å²) in [6, 6.07) is 10.4. The van der Waals surface area contributed by atoms with Crippen LogP contribution in [0.25, 0.3) is 0 Å². The highest BCUT2D eigenvalue weighted by atomic mass is 35.5. The van der Waals surface area contributed by atoms with Gasteiger partial charge in [0, 0.05) is 31.4 Å². The molecule has 0 aliphatic rings. The van der Waals surface area contributed by atoms with Crippen molar-refractivity contribution in [3.8, 4) is 0 Å². The summed E-state index contributed by atoms with van der Waals surface area (Å²) in [7, 11) is 0. The van der Waals surface area contributed by atoms with E-state index in [1.807, 2.05) is 12.1 Å². The van der Waals surface area contributed by atoms with Gasteiger partial charge in [0.05, 0.1) is 10.0 Å². The number of urea groups is 1. The zero-order valence-corrected chi connectivity index (χ0v) is 15.0. The van der Waals surface area contributed by atoms with Crippen LogP contribution in [-0.2, 0) is 13.0 Å². The fraction of sp³-hybridized carbons (Fsp3) is 0.176. The van der Waals surface area contributed by atoms with Crippen LogP contribution < -0.4 is 22.0 Å². The van der Waals surface area contributed by atoms with Crippen molar-refractivity contribution >= 4 is 29.2 Å². The lowest BCUT2D eigenvalue weighted by molar-refractivity contribution is 0.240. The Morgan fingerprint density at radius 2 is 2.04 bits per heavy atom. The molecule has 0 aliphatic carbocycles. The average Bonchev–Trinajstić information content (AvgIpc) is 2.59. The number of halogens is 2. The van der Waals surface area contributed by atoms with Gasteiger partial charge in [-0.15, -0.1) is 0 Å². The fourth-order valence-electron chi connectivity index (χ4n) is 2.15. The molecule has 0 fully saturated rings. The third kappa shape index (κ3) is 5.55. The van der Waals surface area contributed by atoms with Crippen LogP contribution in [0.4, 0.5) is 4.79 Å². The summed E-state index contributed by atoms with van der Waals surface area (Å²) < 4.78 is 1.47. The Kier molecular flexibility index (Phi) is 6.91. The summed E-state index contributed by atoms with van der Waals surface area (Å²) >= 11 is 11.8. The van der Waals surface area contributed by atoms with E-state index >= 15 is 0 Å². The van der Waals surface area contributed by atoms with E-state index in [2.05, 4.69) is 22.2 Å². The second-order valence-electron chi connectivity index (χ2n) is 5.16. The van der Waals surface area contributed by atoms with Gasteiger partial charge in [-0.25, -0.2) is 14.5 Å². The monoisotopic (exact) mass is 379 g/mol. The number of rotatable bonds is 6. The van der Waals surface area contributed by atoms with Gasteiger partial charge >= 0.3 is 6.03 Å². The molecular weight excluding hydrogens is 361 g/mol. The SMILES string of the molecule is C=CN=c1cccc(CCNC(=O)NCc2ccc(Cl)c(Cl)c2)n1N. The van der Waals surface area contributed by atoms with E-state index < -0.39 is 0 Å². The quantitative estimate of drug-likeness (QED) is 0.673. The topological polar surface area (TPSA) is 84.4 Å². The Morgan fingerprint density at radius 3 is 2.76 bits per heavy atom. The van der Waals surface area contributed by atoms with Crippen molar-refractivity contribution in [2.45, 2.75) is 13.0 Å². The zero-order valence-electron chi connectivity index (χ0n) is 13.5. The van der Waals surface area contributed by atoms with Crippen LogP contribution in [0.3, 0.4) is 0 Å². The third-order valence-electron chi connectivity index (χ3n) is 3.42. The van der Waals surface area contributed by atoms with E-state index in [9.17, 15) is 4.79 Å². The first kappa shape index (κ1) is 18.9. The number of hydrogen-bond acceptors (Lipinski definition) is 3. The number of nitrogen functional groups attached to an aromatic ring is 1. The molecule has 0 radical (unpaired) electrons. The highest BCUT2D eigenvalue weighted by Crippen LogP contribution is 2.22. The Labute approximate surface area is 155 Å². The van der Waals surface area contributed by atoms with Gasteiger partial charge in [-0.1, -0.05) is 41.9 Å². The number of benzene rings is 1. The van der Waals surface area contributed by atoms with Crippen molar-refractivity contribution in [1.29, 1.82) is 0 Å². The van der Waals surface area contributed by atoms with Crippen LogP contribution in [0, 0.1) is 0 Å². The largest absolute Gasteiger partial charge is 0.338 e. The molecule has 1 heterocycles. The number of amides is 2. The zero-order chi connectivity index (χ0) is 18.2. The van der Waals surface area contributed by atoms with Crippen molar-refractivity contribution in [3.05, 3.63) is 76.0 Å². The molecule has 1 aromatic heterocycles. The van der Waals surface area contributed by atoms with Crippen molar-refractivity contribution in [2.24, 2.45) is 4.99 Å². The molecule has 0 saturated heterocycles. The minimum atomic E-state index is -0.276. The Bertz CT molecular complexity index is 832. The Hall–Kier alpha value is -2.44. The predicted molar refractivity (Wildman–Crippen MR) is 101 cm³/mol. The number of nitrogens with zero attached hydrogens (tertiary/aromatic N) is 2. The molecule has 132 valence electrons. The normalized spacial score (nSPS) is 11.2. The van der Waals surface area contributed by atoms with Gasteiger partial charge in [0.25, 0.3) is 0 Å². The van der Waals surface area contributed by atoms with Gasteiger partial charge in [-0.3, -0.25) is 0 Å². The maximum Gasteiger partial charge on any atom is 0.315 e. The van der Waals surface area contributed by atoms with E-state index in [0.717, 1.165) is 11.3 Å². The molecule has 2 rings (SSSR count). The van der Waals surface area contributed by atoms with Gasteiger partial charge in [0.15, 0.2) is 5.49 Å². The summed E-state index contributed by atoms with van der Waals surface area (Å²) in [6.07, 6.45) is 1.99. The van der Waals surface area contributed by atoms with Crippen molar-refractivity contribution in [2.75, 3.05) is 12.4 Å². The third-order valence-corrected chi connectivity index (χ3v) is 4.16. The minimum Gasteiger partial charge on any atom is -0.338 e. The first-order valence-corrected chi connectivity index (χ1v) is 8.33. The van der Waals surface area contributed by atoms with E-state index in [0.29, 0.717) is 35.0 Å². The van der Waals surface area contributed by atoms with Gasteiger partial charge in [0.2, 0.25) is 0 Å². The van der Waals surface area contributed by atoms with Gasteiger partial charge in [-0.2, -0.15) is 0 Å². The smallest absolute Gasteiger partial charge is 0.315 e. The first-order chi connectivity index (χ1) is 12.0. The van der Waals surface area contributed by atoms with Crippen LogP contribution in [-0.4, -0.2) is 17.3 Å². The highest BCUT2D eigenvalue weighted by Gasteiger charge is 2.04. The number of pyridine rings is 1. The van der Waals surface area contributed by atoms with E-state index in [-0.39, 0.29) is 6.03 Å². The Morgan fingerprint density at radius 1 is 1.24 bits per heavy atom. The predicted octanol–water partition coefficient (Wildman–Crippen LogP) is 2.59. The Balaban J connectivity index is 1.83. The molecular formula is C17H19Cl2N5O. The molecule has 1 aromatic carbocycles. The number of nitrogens with two attached hydrogens (primary N) is 1. The standard InChI is InChI=1S/C17H19Cl2N5O/c1-2-21-16-5-3-4-13(24(16)20)8-9-22-17(25)23-11-12-6-7-14(18)15(19)10-12/h2-7,10H,1,8-9,11,20H2,(H2,22,23,25). The molecule has 8 heteroatoms. The number of carbonyl (C=O) groups excluding carboxylic acids is 1. The first-order valence-electron chi connectivity index (χ1n) is 7.57. The molecule has 2 amide bonds. The minimum absolute atomic E-state index is 0.276. The second-order valence-corrected chi connectivity index (χ2v) is 5.98. The number of nitrogens with one attached hydrogen (secondary N) is 2. The summed E-state index contributed by atoms with van der Waals surface area (Å²) in [4.78, 5) is 15.9. The molecule has 0 spiro atoms. The highest BCUT2D eigenvalue weighted by molar-refractivity contribution is 6.42. The molecule has 0 saturated carbocycles. The number of hydrogen-bond donors (Lipinski definition) is 3. The van der Waals surface area contributed by atoms with Crippen LogP contribution in [0.15, 0.2) is 54.2 Å². The summed E-state index contributed by atoms with van der Waals surface area (Å²) in [5, 5.41) is 6.47. The average molecular weight is 380 g/mol. The van der Waals surface area contributed by atoms with Crippen LogP contribution >= 0.6 is 23.2 Å². The van der Waals surface area contributed by atoms with Crippen molar-refractivity contribution in [1.82, 2.24) is 15.3 Å². The molecule has 0 bridgehead atoms. The van der Waals surface area contributed by atoms with Gasteiger partial charge in [0.1, 0.15) is 0 Å². The van der Waals surface area contributed by atoms with Gasteiger partial charge < -0.3 is 16.5 Å². The maximum atomic E-state index is 11.9. The van der Waals surface area contributed by atoms with Gasteiger partial charge in [-0.05, 0) is 29.8 Å². The van der Waals surface area contributed by atoms with E-state index in [1.54, 1.807) is 24.3 Å². The molecule has 6 nitrogen and oxygen atoms in total. The van der Waals surface area contributed by atoms with Crippen LogP contribution in [0.1, 0.15) is 11.3 Å². The summed E-state index contributed by atoms with van der Waals surface area (Å²) in [5.74, 6) is 5.97. The van der Waals surface area contributed by atoms with Crippen molar-refractivity contribution < 1.29 is 4.79 Å². The second kappa shape index (κ2) is 9.15. The lowest BCUT2D eigenvalue weighted by Crippen LogP contribution is -2.37. The summed E-state index contributed by atoms with van der Waals surface area (Å²) in [6.45, 7) is 4.34. The molecule has 2 aromatic rings. The van der Waals surface area contributed by atoms with E-state index in [1.165, 1.54) is 10.9 Å². The summed E-state index contributed by atoms with van der Waals surface area (Å²) in [5.41, 5.74) is 2.30. The molecule has 0 atom stereocenters. The van der Waals surface area contributed by atoms with Crippen LogP contribution in [0.2, 0.25) is 10.0 Å². The van der Waals surface area contributed by atoms with Crippen LogP contribution in [0.5, 0.6) is 0 Å². The maximum absolute atomic E-state index is 11.9. The lowest BCUT2D eigenvalue weighted by atomic mass is 10.2. The number of aromatic nitrogens is 1. The number of carbonyl (C=O) groups is 1. The molecule has 0 aliphatic heterocycles. The van der Waals surface area contributed by atoms with E-state index in [4.69, 9.17) is 29.0 Å². The lowest BCUT2D eigenvalue weighted by Gasteiger charge is -2.11. The van der Waals surface area contributed by atoms with Crippen molar-refractivity contribution in [3.63, 3.8) is 0 Å². The molecule has 25 heavy (non-hydrogen) atoms. The molecule has 0 unspecified atom stereocenters. The fourth-order valence-corrected chi connectivity index (χ4v) is 2.47.